The van der Waals surface area contributed by atoms with Gasteiger partial charge in [-0.2, -0.15) is 0 Å². The van der Waals surface area contributed by atoms with Crippen LogP contribution in [-0.2, 0) is 0 Å². The molecule has 0 amide bonds. The van der Waals surface area contributed by atoms with Crippen LogP contribution in [0.5, 0.6) is 5.88 Å². The smallest absolute Gasteiger partial charge is 0.212 e. The van der Waals surface area contributed by atoms with Gasteiger partial charge in [0.25, 0.3) is 0 Å². The highest BCUT2D eigenvalue weighted by atomic mass is 16.5. The third-order valence-corrected chi connectivity index (χ3v) is 5.70. The summed E-state index contributed by atoms with van der Waals surface area (Å²) in [5, 5.41) is 0. The molecule has 2 fully saturated rings. The fourth-order valence-electron chi connectivity index (χ4n) is 4.02. The fraction of sp³-hybridized carbons (Fsp3) is 0.476. The first-order chi connectivity index (χ1) is 11.7. The Balaban J connectivity index is 1.39. The minimum Gasteiger partial charge on any atom is -0.481 e. The summed E-state index contributed by atoms with van der Waals surface area (Å²) in [5.74, 6) is 2.28. The van der Waals surface area contributed by atoms with E-state index in [0.29, 0.717) is 5.88 Å². The summed E-state index contributed by atoms with van der Waals surface area (Å²) in [4.78, 5) is 6.97. The quantitative estimate of drug-likeness (QED) is 0.818. The van der Waals surface area contributed by atoms with Gasteiger partial charge < -0.3 is 9.64 Å². The summed E-state index contributed by atoms with van der Waals surface area (Å²) in [5.41, 5.74) is 3.86. The van der Waals surface area contributed by atoms with Crippen LogP contribution in [0.4, 0.5) is 0 Å². The van der Waals surface area contributed by atoms with Gasteiger partial charge in [0.05, 0.1) is 7.11 Å². The van der Waals surface area contributed by atoms with Crippen LogP contribution in [0.3, 0.4) is 0 Å². The largest absolute Gasteiger partial charge is 0.481 e. The van der Waals surface area contributed by atoms with Crippen LogP contribution >= 0.6 is 0 Å². The van der Waals surface area contributed by atoms with Gasteiger partial charge in [-0.05, 0) is 61.8 Å². The maximum atomic E-state index is 5.12. The fourth-order valence-corrected chi connectivity index (χ4v) is 4.02. The SMILES string of the molecule is COc1ccc(-c2ccc([C@H]3CC3CN3CCC[C@@H]3C)cc2)cn1. The van der Waals surface area contributed by atoms with E-state index < -0.39 is 0 Å². The number of hydrogen-bond donors (Lipinski definition) is 0. The van der Waals surface area contributed by atoms with Gasteiger partial charge in [-0.1, -0.05) is 24.3 Å². The molecule has 3 nitrogen and oxygen atoms in total. The Kier molecular flexibility index (Phi) is 4.28. The molecule has 0 N–H and O–H groups in total. The van der Waals surface area contributed by atoms with Crippen LogP contribution in [0, 0.1) is 5.92 Å². The van der Waals surface area contributed by atoms with Gasteiger partial charge >= 0.3 is 0 Å². The number of methoxy groups -OCH3 is 1. The molecule has 3 atom stereocenters. The minimum atomic E-state index is 0.660. The van der Waals surface area contributed by atoms with E-state index in [0.717, 1.165) is 23.4 Å². The zero-order chi connectivity index (χ0) is 16.5. The summed E-state index contributed by atoms with van der Waals surface area (Å²) < 4.78 is 5.12. The van der Waals surface area contributed by atoms with Crippen molar-refractivity contribution in [3.8, 4) is 17.0 Å². The third-order valence-electron chi connectivity index (χ3n) is 5.70. The van der Waals surface area contributed by atoms with Crippen molar-refractivity contribution in [1.82, 2.24) is 9.88 Å². The van der Waals surface area contributed by atoms with E-state index in [1.165, 1.54) is 43.5 Å². The molecule has 1 aliphatic carbocycles. The molecule has 4 rings (SSSR count). The molecular formula is C21H26N2O. The molecule has 1 aliphatic heterocycles. The summed E-state index contributed by atoms with van der Waals surface area (Å²) in [6.07, 6.45) is 5.99. The first kappa shape index (κ1) is 15.6. The Labute approximate surface area is 144 Å². The molecule has 1 unspecified atom stereocenters. The normalized spacial score (nSPS) is 26.5. The number of hydrogen-bond acceptors (Lipinski definition) is 3. The first-order valence-corrected chi connectivity index (χ1v) is 9.09. The topological polar surface area (TPSA) is 25.4 Å². The molecule has 2 aromatic rings. The number of ether oxygens (including phenoxy) is 1. The van der Waals surface area contributed by atoms with Gasteiger partial charge in [0.1, 0.15) is 0 Å². The van der Waals surface area contributed by atoms with Crippen LogP contribution in [0.2, 0.25) is 0 Å². The van der Waals surface area contributed by atoms with E-state index in [4.69, 9.17) is 4.74 Å². The molecule has 1 aromatic heterocycles. The summed E-state index contributed by atoms with van der Waals surface area (Å²) in [6, 6.07) is 13.8. The summed E-state index contributed by atoms with van der Waals surface area (Å²) in [6.45, 7) is 4.96. The van der Waals surface area contributed by atoms with Crippen LogP contribution in [0.1, 0.15) is 37.7 Å². The molecular weight excluding hydrogens is 296 g/mol. The van der Waals surface area contributed by atoms with Crippen LogP contribution < -0.4 is 4.74 Å². The summed E-state index contributed by atoms with van der Waals surface area (Å²) >= 11 is 0. The molecule has 126 valence electrons. The standard InChI is InChI=1S/C21H26N2O/c1-15-4-3-11-23(15)14-19-12-20(19)17-7-5-16(6-8-17)18-9-10-21(24-2)22-13-18/h5-10,13,15,19-20H,3-4,11-12,14H2,1-2H3/t15-,19?,20+/m0/s1. The lowest BCUT2D eigenvalue weighted by molar-refractivity contribution is 0.256. The van der Waals surface area contributed by atoms with Crippen molar-refractivity contribution in [2.75, 3.05) is 20.2 Å². The van der Waals surface area contributed by atoms with E-state index in [1.54, 1.807) is 7.11 Å². The van der Waals surface area contributed by atoms with Crippen molar-refractivity contribution >= 4 is 0 Å². The number of benzene rings is 1. The van der Waals surface area contributed by atoms with E-state index in [-0.39, 0.29) is 0 Å². The van der Waals surface area contributed by atoms with Crippen molar-refractivity contribution in [3.05, 3.63) is 48.2 Å². The summed E-state index contributed by atoms with van der Waals surface area (Å²) in [7, 11) is 1.64. The maximum Gasteiger partial charge on any atom is 0.212 e. The second kappa shape index (κ2) is 6.56. The molecule has 3 heteroatoms. The average molecular weight is 322 g/mol. The number of likely N-dealkylation sites (tertiary alicyclic amines) is 1. The lowest BCUT2D eigenvalue weighted by Crippen LogP contribution is -2.29. The van der Waals surface area contributed by atoms with Crippen LogP contribution in [0.15, 0.2) is 42.6 Å². The van der Waals surface area contributed by atoms with Crippen molar-refractivity contribution < 1.29 is 4.74 Å². The van der Waals surface area contributed by atoms with E-state index in [2.05, 4.69) is 47.1 Å². The molecule has 1 saturated heterocycles. The lowest BCUT2D eigenvalue weighted by atomic mass is 10.0. The third kappa shape index (κ3) is 3.18. The molecule has 0 spiro atoms. The van der Waals surface area contributed by atoms with E-state index >= 15 is 0 Å². The number of pyridine rings is 1. The molecule has 24 heavy (non-hydrogen) atoms. The highest BCUT2D eigenvalue weighted by Crippen LogP contribution is 2.48. The zero-order valence-corrected chi connectivity index (χ0v) is 14.6. The monoisotopic (exact) mass is 322 g/mol. The molecule has 0 radical (unpaired) electrons. The van der Waals surface area contributed by atoms with Gasteiger partial charge in [0.2, 0.25) is 5.88 Å². The lowest BCUT2D eigenvalue weighted by Gasteiger charge is -2.20. The van der Waals surface area contributed by atoms with Crippen molar-refractivity contribution in [2.24, 2.45) is 5.92 Å². The zero-order valence-electron chi connectivity index (χ0n) is 14.6. The van der Waals surface area contributed by atoms with Gasteiger partial charge in [-0.3, -0.25) is 0 Å². The van der Waals surface area contributed by atoms with Gasteiger partial charge in [-0.25, -0.2) is 4.98 Å². The Hall–Kier alpha value is -1.87. The van der Waals surface area contributed by atoms with E-state index in [9.17, 15) is 0 Å². The predicted molar refractivity (Wildman–Crippen MR) is 97.3 cm³/mol. The molecule has 2 heterocycles. The second-order valence-electron chi connectivity index (χ2n) is 7.30. The molecule has 2 aliphatic rings. The Morgan fingerprint density at radius 1 is 1.12 bits per heavy atom. The first-order valence-electron chi connectivity index (χ1n) is 9.09. The predicted octanol–water partition coefficient (Wildman–Crippen LogP) is 4.35. The van der Waals surface area contributed by atoms with Gasteiger partial charge in [-0.15, -0.1) is 0 Å². The maximum absolute atomic E-state index is 5.12. The van der Waals surface area contributed by atoms with Crippen molar-refractivity contribution in [3.63, 3.8) is 0 Å². The average Bonchev–Trinajstić information content (AvgIpc) is 3.29. The van der Waals surface area contributed by atoms with Gasteiger partial charge in [0, 0.05) is 30.4 Å². The Morgan fingerprint density at radius 3 is 2.54 bits per heavy atom. The van der Waals surface area contributed by atoms with Crippen molar-refractivity contribution in [2.45, 2.75) is 38.1 Å². The van der Waals surface area contributed by atoms with Crippen molar-refractivity contribution in [1.29, 1.82) is 0 Å². The van der Waals surface area contributed by atoms with E-state index in [1.807, 2.05) is 12.3 Å². The number of nitrogens with zero attached hydrogens (tertiary/aromatic N) is 2. The Bertz CT molecular complexity index is 680. The highest BCUT2D eigenvalue weighted by Gasteiger charge is 2.40. The highest BCUT2D eigenvalue weighted by molar-refractivity contribution is 5.63. The molecule has 1 saturated carbocycles. The van der Waals surface area contributed by atoms with Gasteiger partial charge in [0.15, 0.2) is 0 Å². The van der Waals surface area contributed by atoms with Crippen LogP contribution in [0.25, 0.3) is 11.1 Å². The number of aromatic nitrogens is 1. The molecule has 1 aromatic carbocycles. The molecule has 0 bridgehead atoms. The minimum absolute atomic E-state index is 0.660. The second-order valence-corrected chi connectivity index (χ2v) is 7.30. The number of rotatable bonds is 5. The Morgan fingerprint density at radius 2 is 1.92 bits per heavy atom. The van der Waals surface area contributed by atoms with Crippen LogP contribution in [-0.4, -0.2) is 36.1 Å².